The number of anilines is 1. The second kappa shape index (κ2) is 9.23. The van der Waals surface area contributed by atoms with Crippen LogP contribution in [0, 0.1) is 0 Å². The molecule has 0 radical (unpaired) electrons. The van der Waals surface area contributed by atoms with E-state index in [1.54, 1.807) is 23.1 Å². The molecular weight excluding hydrogens is 364 g/mol. The van der Waals surface area contributed by atoms with Gasteiger partial charge in [0.2, 0.25) is 0 Å². The lowest BCUT2D eigenvalue weighted by Crippen LogP contribution is -2.40. The lowest BCUT2D eigenvalue weighted by molar-refractivity contribution is 0.0303. The summed E-state index contributed by atoms with van der Waals surface area (Å²) in [7, 11) is 0. The molecule has 2 aromatic rings. The van der Waals surface area contributed by atoms with Crippen LogP contribution in [0.2, 0.25) is 0 Å². The van der Waals surface area contributed by atoms with Crippen molar-refractivity contribution in [3.8, 4) is 0 Å². The van der Waals surface area contributed by atoms with Crippen LogP contribution in [-0.4, -0.2) is 43.0 Å². The van der Waals surface area contributed by atoms with Crippen LogP contribution in [0.3, 0.4) is 0 Å². The van der Waals surface area contributed by atoms with Crippen LogP contribution >= 0.6 is 0 Å². The zero-order valence-corrected chi connectivity index (χ0v) is 17.7. The molecule has 1 saturated heterocycles. The minimum Gasteiger partial charge on any atom is -0.378 e. The van der Waals surface area contributed by atoms with Crippen LogP contribution in [0.1, 0.15) is 71.4 Å². The van der Waals surface area contributed by atoms with Crippen LogP contribution in [-0.2, 0) is 4.74 Å². The van der Waals surface area contributed by atoms with Crippen molar-refractivity contribution in [2.24, 2.45) is 0 Å². The number of carbonyl (C=O) groups excluding carboxylic acids is 2. The number of hydrogen-bond donors (Lipinski definition) is 1. The first-order valence-electron chi connectivity index (χ1n) is 10.3. The molecule has 2 aromatic carbocycles. The van der Waals surface area contributed by atoms with Crippen molar-refractivity contribution >= 4 is 17.5 Å². The number of rotatable bonds is 5. The van der Waals surface area contributed by atoms with E-state index in [1.807, 2.05) is 18.2 Å². The fraction of sp³-hybridized carbons (Fsp3) is 0.417. The third kappa shape index (κ3) is 4.85. The van der Waals surface area contributed by atoms with E-state index in [2.05, 4.69) is 39.1 Å². The Morgan fingerprint density at radius 1 is 0.966 bits per heavy atom. The molecule has 154 valence electrons. The van der Waals surface area contributed by atoms with Crippen molar-refractivity contribution < 1.29 is 14.3 Å². The summed E-state index contributed by atoms with van der Waals surface area (Å²) < 4.78 is 5.32. The summed E-state index contributed by atoms with van der Waals surface area (Å²) in [4.78, 5) is 27.6. The molecule has 1 aliphatic heterocycles. The molecule has 2 amide bonds. The van der Waals surface area contributed by atoms with Gasteiger partial charge in [0.1, 0.15) is 0 Å². The van der Waals surface area contributed by atoms with Crippen molar-refractivity contribution in [3.05, 3.63) is 64.7 Å². The topological polar surface area (TPSA) is 58.6 Å². The lowest BCUT2D eigenvalue weighted by Gasteiger charge is -2.27. The monoisotopic (exact) mass is 394 g/mol. The van der Waals surface area contributed by atoms with E-state index in [0.717, 1.165) is 5.56 Å². The van der Waals surface area contributed by atoms with Gasteiger partial charge in [-0.1, -0.05) is 45.9 Å². The molecule has 0 spiro atoms. The summed E-state index contributed by atoms with van der Waals surface area (Å²) in [5, 5.41) is 2.98. The number of morpholine rings is 1. The van der Waals surface area contributed by atoms with Crippen LogP contribution in [0.25, 0.3) is 0 Å². The molecule has 0 aliphatic carbocycles. The Morgan fingerprint density at radius 3 is 2.31 bits per heavy atom. The standard InChI is InChI=1S/C24H30N2O3/c1-16(2)20-9-6-10-21(22(20)17(3)4)23(27)25-19-8-5-7-18(15-19)24(28)26-11-13-29-14-12-26/h5-10,15-17H,11-14H2,1-4H3,(H,25,27). The summed E-state index contributed by atoms with van der Waals surface area (Å²) in [6, 6.07) is 13.1. The van der Waals surface area contributed by atoms with Gasteiger partial charge in [0.15, 0.2) is 0 Å². The van der Waals surface area contributed by atoms with Gasteiger partial charge in [-0.3, -0.25) is 9.59 Å². The van der Waals surface area contributed by atoms with Gasteiger partial charge in [-0.05, 0) is 47.2 Å². The van der Waals surface area contributed by atoms with Gasteiger partial charge in [0.25, 0.3) is 11.8 Å². The zero-order valence-electron chi connectivity index (χ0n) is 17.7. The van der Waals surface area contributed by atoms with Crippen molar-refractivity contribution in [1.82, 2.24) is 4.90 Å². The minimum atomic E-state index is -0.146. The molecule has 1 heterocycles. The number of ether oxygens (including phenoxy) is 1. The Morgan fingerprint density at radius 2 is 1.66 bits per heavy atom. The van der Waals surface area contributed by atoms with Gasteiger partial charge < -0.3 is 15.0 Å². The Labute approximate surface area is 173 Å². The lowest BCUT2D eigenvalue weighted by atomic mass is 9.86. The predicted molar refractivity (Wildman–Crippen MR) is 116 cm³/mol. The van der Waals surface area contributed by atoms with Crippen LogP contribution in [0.15, 0.2) is 42.5 Å². The molecule has 3 rings (SSSR count). The molecule has 0 aromatic heterocycles. The van der Waals surface area contributed by atoms with E-state index in [9.17, 15) is 9.59 Å². The maximum atomic E-state index is 13.1. The first kappa shape index (κ1) is 21.1. The van der Waals surface area contributed by atoms with E-state index in [0.29, 0.717) is 49.0 Å². The summed E-state index contributed by atoms with van der Waals surface area (Å²) >= 11 is 0. The fourth-order valence-corrected chi connectivity index (χ4v) is 3.81. The van der Waals surface area contributed by atoms with Crippen molar-refractivity contribution in [3.63, 3.8) is 0 Å². The Kier molecular flexibility index (Phi) is 6.70. The average Bonchev–Trinajstić information content (AvgIpc) is 2.73. The van der Waals surface area contributed by atoms with E-state index in [-0.39, 0.29) is 17.7 Å². The Hall–Kier alpha value is -2.66. The largest absolute Gasteiger partial charge is 0.378 e. The quantitative estimate of drug-likeness (QED) is 0.802. The molecule has 0 atom stereocenters. The van der Waals surface area contributed by atoms with Crippen LogP contribution in [0.5, 0.6) is 0 Å². The van der Waals surface area contributed by atoms with E-state index >= 15 is 0 Å². The Bertz CT molecular complexity index is 883. The maximum Gasteiger partial charge on any atom is 0.255 e. The molecule has 1 N–H and O–H groups in total. The SMILES string of the molecule is CC(C)c1cccc(C(=O)Nc2cccc(C(=O)N3CCOCC3)c2)c1C(C)C. The fourth-order valence-electron chi connectivity index (χ4n) is 3.81. The van der Waals surface area contributed by atoms with Gasteiger partial charge in [-0.15, -0.1) is 0 Å². The second-order valence-electron chi connectivity index (χ2n) is 8.06. The van der Waals surface area contributed by atoms with Gasteiger partial charge >= 0.3 is 0 Å². The minimum absolute atomic E-state index is 0.0333. The number of hydrogen-bond acceptors (Lipinski definition) is 3. The summed E-state index contributed by atoms with van der Waals surface area (Å²) in [5.41, 5.74) is 4.17. The molecule has 5 heteroatoms. The summed E-state index contributed by atoms with van der Waals surface area (Å²) in [5.74, 6) is 0.402. The number of nitrogens with one attached hydrogen (secondary N) is 1. The van der Waals surface area contributed by atoms with Gasteiger partial charge in [-0.25, -0.2) is 0 Å². The molecular formula is C24H30N2O3. The number of amides is 2. The van der Waals surface area contributed by atoms with E-state index < -0.39 is 0 Å². The molecule has 1 fully saturated rings. The highest BCUT2D eigenvalue weighted by atomic mass is 16.5. The number of nitrogens with zero attached hydrogens (tertiary/aromatic N) is 1. The first-order valence-corrected chi connectivity index (χ1v) is 10.3. The van der Waals surface area contributed by atoms with Gasteiger partial charge in [-0.2, -0.15) is 0 Å². The summed E-state index contributed by atoms with van der Waals surface area (Å²) in [6.07, 6.45) is 0. The highest BCUT2D eigenvalue weighted by Crippen LogP contribution is 2.30. The molecule has 0 unspecified atom stereocenters. The highest BCUT2D eigenvalue weighted by molar-refractivity contribution is 6.06. The normalized spacial score (nSPS) is 14.3. The number of benzene rings is 2. The van der Waals surface area contributed by atoms with E-state index in [4.69, 9.17) is 4.74 Å². The maximum absolute atomic E-state index is 13.1. The van der Waals surface area contributed by atoms with Crippen molar-refractivity contribution in [1.29, 1.82) is 0 Å². The van der Waals surface area contributed by atoms with Gasteiger partial charge in [0.05, 0.1) is 13.2 Å². The zero-order chi connectivity index (χ0) is 21.0. The van der Waals surface area contributed by atoms with Crippen molar-refractivity contribution in [2.45, 2.75) is 39.5 Å². The predicted octanol–water partition coefficient (Wildman–Crippen LogP) is 4.66. The van der Waals surface area contributed by atoms with E-state index in [1.165, 1.54) is 5.56 Å². The van der Waals surface area contributed by atoms with Crippen LogP contribution < -0.4 is 5.32 Å². The highest BCUT2D eigenvalue weighted by Gasteiger charge is 2.21. The molecule has 1 aliphatic rings. The van der Waals surface area contributed by atoms with Crippen LogP contribution in [0.4, 0.5) is 5.69 Å². The summed E-state index contributed by atoms with van der Waals surface area (Å²) in [6.45, 7) is 10.8. The smallest absolute Gasteiger partial charge is 0.255 e. The average molecular weight is 395 g/mol. The molecule has 0 saturated carbocycles. The van der Waals surface area contributed by atoms with Gasteiger partial charge in [0, 0.05) is 29.9 Å². The Balaban J connectivity index is 1.83. The molecule has 0 bridgehead atoms. The third-order valence-electron chi connectivity index (χ3n) is 5.25. The van der Waals surface area contributed by atoms with Crippen molar-refractivity contribution in [2.75, 3.05) is 31.6 Å². The first-order chi connectivity index (χ1) is 13.9. The molecule has 5 nitrogen and oxygen atoms in total. The second-order valence-corrected chi connectivity index (χ2v) is 8.06. The molecule has 29 heavy (non-hydrogen) atoms. The number of carbonyl (C=O) groups is 2. The third-order valence-corrected chi connectivity index (χ3v) is 5.25.